The Kier molecular flexibility index (Phi) is 6.16. The van der Waals surface area contributed by atoms with Crippen molar-refractivity contribution >= 4 is 17.2 Å². The molecule has 0 N–H and O–H groups in total. The van der Waals surface area contributed by atoms with Crippen molar-refractivity contribution in [3.05, 3.63) is 38.8 Å². The van der Waals surface area contributed by atoms with Crippen LogP contribution in [0.1, 0.15) is 40.2 Å². The van der Waals surface area contributed by atoms with Gasteiger partial charge in [-0.1, -0.05) is 0 Å². The summed E-state index contributed by atoms with van der Waals surface area (Å²) in [6, 6.07) is 4.23. The number of thiophene rings is 1. The third-order valence-corrected chi connectivity index (χ3v) is 5.34. The van der Waals surface area contributed by atoms with E-state index in [9.17, 15) is 4.79 Å². The number of hydrogen-bond acceptors (Lipinski definition) is 4. The molecule has 0 aromatic carbocycles. The Balaban J connectivity index is 1.95. The normalized spacial score (nSPS) is 10.6. The predicted octanol–water partition coefficient (Wildman–Crippen LogP) is 3.37. The molecule has 1 amide bonds. The Morgan fingerprint density at radius 2 is 2.17 bits per heavy atom. The van der Waals surface area contributed by atoms with Crippen molar-refractivity contribution in [1.29, 1.82) is 5.26 Å². The number of amides is 1. The Labute approximate surface area is 147 Å². The molecule has 0 saturated heterocycles. The fourth-order valence-electron chi connectivity index (χ4n) is 2.76. The first-order valence-corrected chi connectivity index (χ1v) is 8.98. The first-order valence-electron chi connectivity index (χ1n) is 8.10. The quantitative estimate of drug-likeness (QED) is 0.773. The van der Waals surface area contributed by atoms with Crippen molar-refractivity contribution in [3.63, 3.8) is 0 Å². The molecule has 0 radical (unpaired) electrons. The van der Waals surface area contributed by atoms with Crippen molar-refractivity contribution in [1.82, 2.24) is 14.7 Å². The smallest absolute Gasteiger partial charge is 0.222 e. The fourth-order valence-corrected chi connectivity index (χ4v) is 3.72. The molecule has 6 heteroatoms. The number of carbonyl (C=O) groups excluding carboxylic acids is 1. The summed E-state index contributed by atoms with van der Waals surface area (Å²) in [4.78, 5) is 15.4. The molecule has 0 spiro atoms. The minimum Gasteiger partial charge on any atom is -0.341 e. The standard InChI is InChI=1S/C18H24N4OS/c1-13-8-11-24-17(13)12-21(4)18(23)7-6-16-14(2)20-22(15(16)3)10-5-9-19/h8,11H,5-7,10,12H2,1-4H3. The van der Waals surface area contributed by atoms with E-state index in [1.54, 1.807) is 16.2 Å². The van der Waals surface area contributed by atoms with E-state index in [1.807, 2.05) is 25.6 Å². The fraction of sp³-hybridized carbons (Fsp3) is 0.500. The summed E-state index contributed by atoms with van der Waals surface area (Å²) >= 11 is 1.69. The van der Waals surface area contributed by atoms with Crippen LogP contribution >= 0.6 is 11.3 Å². The van der Waals surface area contributed by atoms with E-state index in [0.29, 0.717) is 32.4 Å². The van der Waals surface area contributed by atoms with Crippen LogP contribution in [-0.4, -0.2) is 27.6 Å². The molecular formula is C18H24N4OS. The number of carbonyl (C=O) groups is 1. The number of rotatable bonds is 7. The lowest BCUT2D eigenvalue weighted by Gasteiger charge is -2.17. The average Bonchev–Trinajstić information content (AvgIpc) is 3.07. The zero-order valence-electron chi connectivity index (χ0n) is 14.8. The Morgan fingerprint density at radius 3 is 2.79 bits per heavy atom. The molecule has 2 aromatic rings. The molecule has 128 valence electrons. The molecule has 0 unspecified atom stereocenters. The third-order valence-electron chi connectivity index (χ3n) is 4.33. The number of nitriles is 1. The minimum absolute atomic E-state index is 0.145. The van der Waals surface area contributed by atoms with Crippen LogP contribution in [0.3, 0.4) is 0 Å². The van der Waals surface area contributed by atoms with Crippen LogP contribution in [0.25, 0.3) is 0 Å². The molecule has 0 atom stereocenters. The lowest BCUT2D eigenvalue weighted by molar-refractivity contribution is -0.130. The van der Waals surface area contributed by atoms with E-state index in [0.717, 1.165) is 17.0 Å². The van der Waals surface area contributed by atoms with E-state index in [2.05, 4.69) is 29.5 Å². The second-order valence-electron chi connectivity index (χ2n) is 6.06. The Bertz CT molecular complexity index is 754. The van der Waals surface area contributed by atoms with Gasteiger partial charge in [0, 0.05) is 24.0 Å². The van der Waals surface area contributed by atoms with Crippen molar-refractivity contribution in [2.45, 2.75) is 53.1 Å². The van der Waals surface area contributed by atoms with E-state index >= 15 is 0 Å². The molecule has 0 fully saturated rings. The van der Waals surface area contributed by atoms with Gasteiger partial charge in [0.1, 0.15) is 0 Å². The van der Waals surface area contributed by atoms with Crippen LogP contribution in [0.2, 0.25) is 0 Å². The van der Waals surface area contributed by atoms with Gasteiger partial charge < -0.3 is 4.90 Å². The van der Waals surface area contributed by atoms with Crippen LogP contribution in [-0.2, 0) is 24.3 Å². The highest BCUT2D eigenvalue weighted by atomic mass is 32.1. The van der Waals surface area contributed by atoms with E-state index < -0.39 is 0 Å². The van der Waals surface area contributed by atoms with E-state index in [-0.39, 0.29) is 5.91 Å². The van der Waals surface area contributed by atoms with Crippen LogP contribution in [0.15, 0.2) is 11.4 Å². The first-order chi connectivity index (χ1) is 11.4. The van der Waals surface area contributed by atoms with Gasteiger partial charge >= 0.3 is 0 Å². The summed E-state index contributed by atoms with van der Waals surface area (Å²) in [6.07, 6.45) is 1.62. The topological polar surface area (TPSA) is 61.9 Å². The van der Waals surface area contributed by atoms with Gasteiger partial charge in [-0.25, -0.2) is 0 Å². The molecule has 0 aliphatic rings. The predicted molar refractivity (Wildman–Crippen MR) is 95.8 cm³/mol. The molecule has 0 bridgehead atoms. The average molecular weight is 344 g/mol. The van der Waals surface area contributed by atoms with Crippen molar-refractivity contribution in [2.24, 2.45) is 0 Å². The summed E-state index contributed by atoms with van der Waals surface area (Å²) < 4.78 is 1.87. The second-order valence-corrected chi connectivity index (χ2v) is 7.06. The largest absolute Gasteiger partial charge is 0.341 e. The van der Waals surface area contributed by atoms with Gasteiger partial charge in [-0.2, -0.15) is 10.4 Å². The van der Waals surface area contributed by atoms with Gasteiger partial charge in [0.25, 0.3) is 0 Å². The van der Waals surface area contributed by atoms with Crippen LogP contribution < -0.4 is 0 Å². The number of nitrogens with zero attached hydrogens (tertiary/aromatic N) is 4. The minimum atomic E-state index is 0.145. The monoisotopic (exact) mass is 344 g/mol. The lowest BCUT2D eigenvalue weighted by Crippen LogP contribution is -2.26. The molecule has 0 aliphatic heterocycles. The lowest BCUT2D eigenvalue weighted by atomic mass is 10.1. The van der Waals surface area contributed by atoms with Crippen molar-refractivity contribution in [2.75, 3.05) is 7.05 Å². The summed E-state index contributed by atoms with van der Waals surface area (Å²) in [7, 11) is 1.86. The van der Waals surface area contributed by atoms with Crippen molar-refractivity contribution < 1.29 is 4.79 Å². The van der Waals surface area contributed by atoms with Gasteiger partial charge in [-0.15, -0.1) is 11.3 Å². The van der Waals surface area contributed by atoms with Gasteiger partial charge in [-0.3, -0.25) is 9.48 Å². The second kappa shape index (κ2) is 8.11. The van der Waals surface area contributed by atoms with Crippen molar-refractivity contribution in [3.8, 4) is 6.07 Å². The summed E-state index contributed by atoms with van der Waals surface area (Å²) in [5, 5.41) is 15.3. The summed E-state index contributed by atoms with van der Waals surface area (Å²) in [5.74, 6) is 0.145. The summed E-state index contributed by atoms with van der Waals surface area (Å²) in [6.45, 7) is 7.33. The highest BCUT2D eigenvalue weighted by Crippen LogP contribution is 2.19. The summed E-state index contributed by atoms with van der Waals surface area (Å²) in [5.41, 5.74) is 4.38. The van der Waals surface area contributed by atoms with E-state index in [4.69, 9.17) is 5.26 Å². The molecule has 0 saturated carbocycles. The number of hydrogen-bond donors (Lipinski definition) is 0. The maximum absolute atomic E-state index is 12.4. The SMILES string of the molecule is Cc1ccsc1CN(C)C(=O)CCc1c(C)nn(CCC#N)c1C. The van der Waals surface area contributed by atoms with Crippen LogP contribution in [0.5, 0.6) is 0 Å². The van der Waals surface area contributed by atoms with Crippen LogP contribution in [0, 0.1) is 32.1 Å². The molecule has 24 heavy (non-hydrogen) atoms. The van der Waals surface area contributed by atoms with Gasteiger partial charge in [-0.05, 0) is 49.8 Å². The molecule has 2 heterocycles. The molecule has 2 rings (SSSR count). The highest BCUT2D eigenvalue weighted by molar-refractivity contribution is 7.10. The first kappa shape index (κ1) is 18.2. The molecular weight excluding hydrogens is 320 g/mol. The zero-order valence-corrected chi connectivity index (χ0v) is 15.6. The number of aromatic nitrogens is 2. The maximum atomic E-state index is 12.4. The molecule has 2 aromatic heterocycles. The van der Waals surface area contributed by atoms with Crippen LogP contribution in [0.4, 0.5) is 0 Å². The number of aryl methyl sites for hydroxylation is 3. The van der Waals surface area contributed by atoms with Gasteiger partial charge in [0.15, 0.2) is 0 Å². The zero-order chi connectivity index (χ0) is 17.7. The van der Waals surface area contributed by atoms with Gasteiger partial charge in [0.2, 0.25) is 5.91 Å². The molecule has 0 aliphatic carbocycles. The third kappa shape index (κ3) is 4.24. The highest BCUT2D eigenvalue weighted by Gasteiger charge is 2.15. The Morgan fingerprint density at radius 1 is 1.42 bits per heavy atom. The van der Waals surface area contributed by atoms with Gasteiger partial charge in [0.05, 0.1) is 31.3 Å². The Hall–Kier alpha value is -2.13. The van der Waals surface area contributed by atoms with E-state index in [1.165, 1.54) is 10.4 Å². The molecule has 5 nitrogen and oxygen atoms in total. The maximum Gasteiger partial charge on any atom is 0.222 e.